The number of hydrogen-bond donors (Lipinski definition) is 4. The predicted octanol–water partition coefficient (Wildman–Crippen LogP) is 1.70. The zero-order chi connectivity index (χ0) is 20.8. The molecule has 2 amide bonds. The van der Waals surface area contributed by atoms with Gasteiger partial charge in [-0.25, -0.2) is 14.4 Å². The fraction of sp³-hybridized carbons (Fsp3) is 0.350. The molecule has 0 aliphatic heterocycles. The Hall–Kier alpha value is -3.13. The van der Waals surface area contributed by atoms with Crippen LogP contribution in [0.5, 0.6) is 0 Å². The SMILES string of the molecule is CC(C)N(CC(O)C(=O)O)C(=O)N[C@@H](Cc1cccc2ccccc12)C(=O)O. The molecular formula is C20H24N2O6. The number of aliphatic carboxylic acids is 2. The lowest BCUT2D eigenvalue weighted by Gasteiger charge is -2.29. The van der Waals surface area contributed by atoms with Crippen LogP contribution in [0, 0.1) is 0 Å². The average Bonchev–Trinajstić information content (AvgIpc) is 2.64. The lowest BCUT2D eigenvalue weighted by Crippen LogP contribution is -2.53. The minimum absolute atomic E-state index is 0.0653. The van der Waals surface area contributed by atoms with Gasteiger partial charge in [0.05, 0.1) is 6.54 Å². The third-order valence-corrected chi connectivity index (χ3v) is 4.44. The summed E-state index contributed by atoms with van der Waals surface area (Å²) in [7, 11) is 0. The molecule has 8 nitrogen and oxygen atoms in total. The zero-order valence-corrected chi connectivity index (χ0v) is 15.7. The van der Waals surface area contributed by atoms with Gasteiger partial charge in [0.2, 0.25) is 0 Å². The Bertz CT molecular complexity index is 861. The molecule has 0 saturated carbocycles. The smallest absolute Gasteiger partial charge is 0.334 e. The van der Waals surface area contributed by atoms with Gasteiger partial charge in [0.25, 0.3) is 0 Å². The highest BCUT2D eigenvalue weighted by atomic mass is 16.4. The summed E-state index contributed by atoms with van der Waals surface area (Å²) in [5, 5.41) is 32.3. The van der Waals surface area contributed by atoms with Gasteiger partial charge < -0.3 is 25.5 Å². The average molecular weight is 388 g/mol. The van der Waals surface area contributed by atoms with E-state index in [1.54, 1.807) is 19.9 Å². The number of benzene rings is 2. The molecule has 2 aromatic rings. The molecule has 0 bridgehead atoms. The summed E-state index contributed by atoms with van der Waals surface area (Å²) in [6, 6.07) is 10.7. The number of aliphatic hydroxyl groups excluding tert-OH is 1. The van der Waals surface area contributed by atoms with Crippen molar-refractivity contribution in [1.29, 1.82) is 0 Å². The molecule has 4 N–H and O–H groups in total. The third-order valence-electron chi connectivity index (χ3n) is 4.44. The van der Waals surface area contributed by atoms with Crippen LogP contribution in [-0.4, -0.2) is 62.9 Å². The second-order valence-corrected chi connectivity index (χ2v) is 6.78. The molecule has 0 aliphatic carbocycles. The van der Waals surface area contributed by atoms with Gasteiger partial charge in [0, 0.05) is 12.5 Å². The Morgan fingerprint density at radius 2 is 1.64 bits per heavy atom. The highest BCUT2D eigenvalue weighted by Crippen LogP contribution is 2.20. The molecule has 150 valence electrons. The molecule has 2 aromatic carbocycles. The lowest BCUT2D eigenvalue weighted by molar-refractivity contribution is -0.147. The number of urea groups is 1. The van der Waals surface area contributed by atoms with Gasteiger partial charge in [-0.2, -0.15) is 0 Å². The number of carbonyl (C=O) groups excluding carboxylic acids is 1. The number of hydrogen-bond acceptors (Lipinski definition) is 4. The van der Waals surface area contributed by atoms with E-state index in [1.807, 2.05) is 36.4 Å². The number of amides is 2. The van der Waals surface area contributed by atoms with Crippen LogP contribution in [0.25, 0.3) is 10.8 Å². The van der Waals surface area contributed by atoms with Crippen molar-refractivity contribution in [2.24, 2.45) is 0 Å². The van der Waals surface area contributed by atoms with Gasteiger partial charge in [-0.1, -0.05) is 42.5 Å². The van der Waals surface area contributed by atoms with E-state index in [9.17, 15) is 24.6 Å². The number of carbonyl (C=O) groups is 3. The Morgan fingerprint density at radius 3 is 2.25 bits per heavy atom. The Labute approximate surface area is 162 Å². The maximum Gasteiger partial charge on any atom is 0.334 e. The van der Waals surface area contributed by atoms with Crippen molar-refractivity contribution in [2.75, 3.05) is 6.54 Å². The highest BCUT2D eigenvalue weighted by Gasteiger charge is 2.28. The topological polar surface area (TPSA) is 127 Å². The molecule has 2 atom stereocenters. The minimum atomic E-state index is -1.76. The van der Waals surface area contributed by atoms with Gasteiger partial charge >= 0.3 is 18.0 Å². The van der Waals surface area contributed by atoms with Crippen LogP contribution in [0.1, 0.15) is 19.4 Å². The largest absolute Gasteiger partial charge is 0.480 e. The number of carboxylic acid groups (broad SMARTS) is 2. The molecule has 0 fully saturated rings. The van der Waals surface area contributed by atoms with E-state index < -0.39 is 42.7 Å². The molecule has 8 heteroatoms. The fourth-order valence-electron chi connectivity index (χ4n) is 2.92. The molecule has 0 aromatic heterocycles. The third kappa shape index (κ3) is 5.20. The summed E-state index contributed by atoms with van der Waals surface area (Å²) < 4.78 is 0. The minimum Gasteiger partial charge on any atom is -0.480 e. The number of nitrogens with one attached hydrogen (secondary N) is 1. The van der Waals surface area contributed by atoms with Gasteiger partial charge in [0.15, 0.2) is 6.10 Å². The summed E-state index contributed by atoms with van der Waals surface area (Å²) in [5.41, 5.74) is 0.771. The van der Waals surface area contributed by atoms with Crippen molar-refractivity contribution < 1.29 is 29.7 Å². The van der Waals surface area contributed by atoms with Gasteiger partial charge in [-0.15, -0.1) is 0 Å². The highest BCUT2D eigenvalue weighted by molar-refractivity contribution is 5.88. The summed E-state index contributed by atoms with van der Waals surface area (Å²) in [6.07, 6.45) is -1.69. The van der Waals surface area contributed by atoms with Crippen LogP contribution in [0.15, 0.2) is 42.5 Å². The first kappa shape index (κ1) is 21.2. The molecule has 0 saturated heterocycles. The molecule has 0 spiro atoms. The number of aliphatic hydroxyl groups is 1. The van der Waals surface area contributed by atoms with Crippen LogP contribution in [0.4, 0.5) is 4.79 Å². The Morgan fingerprint density at radius 1 is 1.00 bits per heavy atom. The van der Waals surface area contributed by atoms with E-state index in [-0.39, 0.29) is 6.42 Å². The van der Waals surface area contributed by atoms with E-state index in [0.717, 1.165) is 21.2 Å². The predicted molar refractivity (Wildman–Crippen MR) is 103 cm³/mol. The molecule has 28 heavy (non-hydrogen) atoms. The van der Waals surface area contributed by atoms with E-state index in [1.165, 1.54) is 0 Å². The maximum absolute atomic E-state index is 12.6. The van der Waals surface area contributed by atoms with Crippen molar-refractivity contribution in [3.8, 4) is 0 Å². The first-order valence-electron chi connectivity index (χ1n) is 8.88. The van der Waals surface area contributed by atoms with Gasteiger partial charge in [0.1, 0.15) is 6.04 Å². The number of nitrogens with zero attached hydrogens (tertiary/aromatic N) is 1. The fourth-order valence-corrected chi connectivity index (χ4v) is 2.92. The van der Waals surface area contributed by atoms with Crippen molar-refractivity contribution >= 4 is 28.7 Å². The van der Waals surface area contributed by atoms with Crippen LogP contribution in [0.2, 0.25) is 0 Å². The first-order valence-corrected chi connectivity index (χ1v) is 8.88. The van der Waals surface area contributed by atoms with Crippen LogP contribution >= 0.6 is 0 Å². The Kier molecular flexibility index (Phi) is 6.94. The first-order chi connectivity index (χ1) is 13.2. The normalized spacial score (nSPS) is 13.1. The zero-order valence-electron chi connectivity index (χ0n) is 15.7. The molecule has 0 aliphatic rings. The summed E-state index contributed by atoms with van der Waals surface area (Å²) in [4.78, 5) is 36.2. The molecular weight excluding hydrogens is 364 g/mol. The monoisotopic (exact) mass is 388 g/mol. The van der Waals surface area contributed by atoms with Crippen molar-refractivity contribution in [2.45, 2.75) is 38.5 Å². The van der Waals surface area contributed by atoms with Crippen molar-refractivity contribution in [3.63, 3.8) is 0 Å². The molecule has 0 heterocycles. The Balaban J connectivity index is 2.20. The number of carboxylic acids is 2. The number of fused-ring (bicyclic) bond motifs is 1. The summed E-state index contributed by atoms with van der Waals surface area (Å²) in [5.74, 6) is -2.66. The van der Waals surface area contributed by atoms with Gasteiger partial charge in [-0.05, 0) is 30.2 Å². The number of rotatable bonds is 8. The molecule has 2 rings (SSSR count). The molecule has 1 unspecified atom stereocenters. The quantitative estimate of drug-likeness (QED) is 0.545. The van der Waals surface area contributed by atoms with Crippen LogP contribution < -0.4 is 5.32 Å². The second kappa shape index (κ2) is 9.18. The van der Waals surface area contributed by atoms with E-state index >= 15 is 0 Å². The standard InChI is InChI=1S/C20H24N2O6/c1-12(2)22(11-17(23)19(26)27)20(28)21-16(18(24)25)10-14-8-5-7-13-6-3-4-9-15(13)14/h3-9,12,16-17,23H,10-11H2,1-2H3,(H,21,28)(H,24,25)(H,26,27)/t16-,17?/m0/s1. The van der Waals surface area contributed by atoms with Gasteiger partial charge in [-0.3, -0.25) is 0 Å². The van der Waals surface area contributed by atoms with E-state index in [0.29, 0.717) is 0 Å². The van der Waals surface area contributed by atoms with Crippen LogP contribution in [-0.2, 0) is 16.0 Å². The maximum atomic E-state index is 12.6. The lowest BCUT2D eigenvalue weighted by atomic mass is 9.99. The second-order valence-electron chi connectivity index (χ2n) is 6.78. The summed E-state index contributed by atoms with van der Waals surface area (Å²) >= 11 is 0. The van der Waals surface area contributed by atoms with E-state index in [2.05, 4.69) is 5.32 Å². The summed E-state index contributed by atoms with van der Waals surface area (Å²) in [6.45, 7) is 2.85. The van der Waals surface area contributed by atoms with E-state index in [4.69, 9.17) is 5.11 Å². The van der Waals surface area contributed by atoms with Crippen molar-refractivity contribution in [1.82, 2.24) is 10.2 Å². The van der Waals surface area contributed by atoms with Crippen LogP contribution in [0.3, 0.4) is 0 Å². The van der Waals surface area contributed by atoms with Crippen molar-refractivity contribution in [3.05, 3.63) is 48.0 Å². The molecule has 0 radical (unpaired) electrons.